The Morgan fingerprint density at radius 3 is 2.21 bits per heavy atom. The average Bonchev–Trinajstić information content (AvgIpc) is 3.18. The van der Waals surface area contributed by atoms with Gasteiger partial charge in [-0.2, -0.15) is 5.10 Å². The van der Waals surface area contributed by atoms with Crippen LogP contribution in [0.3, 0.4) is 0 Å². The topological polar surface area (TPSA) is 61.2 Å². The van der Waals surface area contributed by atoms with Gasteiger partial charge in [-0.3, -0.25) is 4.68 Å². The minimum Gasteiger partial charge on any atom is -0.370 e. The molecule has 0 spiro atoms. The third-order valence-corrected chi connectivity index (χ3v) is 6.78. The molecule has 174 valence electrons. The molecule has 0 fully saturated rings. The van der Waals surface area contributed by atoms with Crippen molar-refractivity contribution < 1.29 is 13.2 Å². The third kappa shape index (κ3) is 5.47. The minimum absolute atomic E-state index is 0.265. The SMILES string of the molecule is C=CCn1nc(-c2ccc(S(C)(=O)=O)cc2)c(-c2ccc(Cl)cc2)c1COCc1ccccc1. The maximum Gasteiger partial charge on any atom is 0.175 e. The number of hydrogen-bond acceptors (Lipinski definition) is 4. The van der Waals surface area contributed by atoms with E-state index in [1.807, 2.05) is 59.3 Å². The zero-order valence-corrected chi connectivity index (χ0v) is 20.4. The van der Waals surface area contributed by atoms with Gasteiger partial charge < -0.3 is 4.74 Å². The van der Waals surface area contributed by atoms with E-state index in [9.17, 15) is 8.42 Å². The first-order chi connectivity index (χ1) is 16.4. The molecule has 4 aromatic rings. The first kappa shape index (κ1) is 24.0. The summed E-state index contributed by atoms with van der Waals surface area (Å²) in [5.41, 5.74) is 5.40. The molecule has 3 aromatic carbocycles. The molecule has 0 aliphatic carbocycles. The lowest BCUT2D eigenvalue weighted by atomic mass is 9.99. The van der Waals surface area contributed by atoms with Gasteiger partial charge in [-0.05, 0) is 35.4 Å². The van der Waals surface area contributed by atoms with Crippen LogP contribution in [0.15, 0.2) is 96.4 Å². The quantitative estimate of drug-likeness (QED) is 0.262. The van der Waals surface area contributed by atoms with Gasteiger partial charge in [-0.25, -0.2) is 8.42 Å². The lowest BCUT2D eigenvalue weighted by Gasteiger charge is -2.11. The predicted molar refractivity (Wildman–Crippen MR) is 136 cm³/mol. The molecule has 0 aliphatic heterocycles. The van der Waals surface area contributed by atoms with Gasteiger partial charge in [0.25, 0.3) is 0 Å². The summed E-state index contributed by atoms with van der Waals surface area (Å²) in [6.07, 6.45) is 2.98. The normalized spacial score (nSPS) is 11.5. The molecule has 5 nitrogen and oxygen atoms in total. The number of benzene rings is 3. The highest BCUT2D eigenvalue weighted by atomic mass is 35.5. The highest BCUT2D eigenvalue weighted by molar-refractivity contribution is 7.90. The molecule has 0 amide bonds. The molecule has 0 unspecified atom stereocenters. The number of allylic oxidation sites excluding steroid dienone is 1. The Balaban J connectivity index is 1.79. The number of nitrogens with zero attached hydrogens (tertiary/aromatic N) is 2. The molecule has 4 rings (SSSR count). The van der Waals surface area contributed by atoms with E-state index in [1.54, 1.807) is 30.3 Å². The Morgan fingerprint density at radius 2 is 1.59 bits per heavy atom. The fourth-order valence-corrected chi connectivity index (χ4v) is 4.49. The molecule has 0 radical (unpaired) electrons. The van der Waals surface area contributed by atoms with Gasteiger partial charge in [0.2, 0.25) is 0 Å². The summed E-state index contributed by atoms with van der Waals surface area (Å²) in [5.74, 6) is 0. The monoisotopic (exact) mass is 492 g/mol. The van der Waals surface area contributed by atoms with Gasteiger partial charge in [-0.1, -0.05) is 72.3 Å². The second-order valence-corrected chi connectivity index (χ2v) is 10.4. The Hall–Kier alpha value is -3.19. The van der Waals surface area contributed by atoms with Crippen LogP contribution in [0.5, 0.6) is 0 Å². The van der Waals surface area contributed by atoms with Gasteiger partial charge in [0.05, 0.1) is 30.3 Å². The third-order valence-electron chi connectivity index (χ3n) is 5.40. The number of hydrogen-bond donors (Lipinski definition) is 0. The van der Waals surface area contributed by atoms with Crippen LogP contribution >= 0.6 is 11.6 Å². The van der Waals surface area contributed by atoms with E-state index in [4.69, 9.17) is 21.4 Å². The smallest absolute Gasteiger partial charge is 0.175 e. The van der Waals surface area contributed by atoms with E-state index >= 15 is 0 Å². The lowest BCUT2D eigenvalue weighted by Crippen LogP contribution is -2.06. The van der Waals surface area contributed by atoms with Crippen molar-refractivity contribution in [2.45, 2.75) is 24.7 Å². The highest BCUT2D eigenvalue weighted by Crippen LogP contribution is 2.36. The standard InChI is InChI=1S/C27H25ClN2O3S/c1-3-17-30-25(19-33-18-20-7-5-4-6-8-20)26(21-9-13-23(28)14-10-21)27(29-30)22-11-15-24(16-12-22)34(2,31)32/h3-16H,1,17-19H2,2H3. The first-order valence-corrected chi connectivity index (χ1v) is 13.0. The molecule has 34 heavy (non-hydrogen) atoms. The summed E-state index contributed by atoms with van der Waals surface area (Å²) < 4.78 is 31.8. The minimum atomic E-state index is -3.29. The van der Waals surface area contributed by atoms with E-state index in [1.165, 1.54) is 6.26 Å². The van der Waals surface area contributed by atoms with Crippen molar-refractivity contribution in [2.24, 2.45) is 0 Å². The fraction of sp³-hybridized carbons (Fsp3) is 0.148. The van der Waals surface area contributed by atoms with Crippen LogP contribution in [-0.4, -0.2) is 24.5 Å². The fourth-order valence-electron chi connectivity index (χ4n) is 3.74. The zero-order chi connectivity index (χ0) is 24.1. The molecule has 1 aromatic heterocycles. The average molecular weight is 493 g/mol. The number of aromatic nitrogens is 2. The number of ether oxygens (including phenoxy) is 1. The predicted octanol–water partition coefficient (Wildman–Crippen LogP) is 6.18. The van der Waals surface area contributed by atoms with E-state index in [0.29, 0.717) is 24.8 Å². The second-order valence-electron chi connectivity index (χ2n) is 7.92. The molecule has 0 saturated heterocycles. The highest BCUT2D eigenvalue weighted by Gasteiger charge is 2.21. The first-order valence-electron chi connectivity index (χ1n) is 10.8. The van der Waals surface area contributed by atoms with E-state index in [-0.39, 0.29) is 4.90 Å². The molecule has 1 heterocycles. The van der Waals surface area contributed by atoms with Crippen LogP contribution in [0.2, 0.25) is 5.02 Å². The molecule has 0 N–H and O–H groups in total. The van der Waals surface area contributed by atoms with Gasteiger partial charge in [0.15, 0.2) is 9.84 Å². The number of rotatable bonds is 9. The molecule has 0 saturated carbocycles. The molecule has 7 heteroatoms. The van der Waals surface area contributed by atoms with Crippen LogP contribution in [0.25, 0.3) is 22.4 Å². The summed E-state index contributed by atoms with van der Waals surface area (Å²) in [6, 6.07) is 24.3. The maximum atomic E-state index is 11.9. The van der Waals surface area contributed by atoms with Gasteiger partial charge in [0.1, 0.15) is 5.69 Å². The molecular weight excluding hydrogens is 468 g/mol. The second kappa shape index (κ2) is 10.4. The van der Waals surface area contributed by atoms with Crippen molar-refractivity contribution in [1.29, 1.82) is 0 Å². The molecule has 0 bridgehead atoms. The van der Waals surface area contributed by atoms with Crippen molar-refractivity contribution in [1.82, 2.24) is 9.78 Å². The van der Waals surface area contributed by atoms with Gasteiger partial charge in [0, 0.05) is 22.4 Å². The van der Waals surface area contributed by atoms with Crippen molar-refractivity contribution in [2.75, 3.05) is 6.26 Å². The summed E-state index contributed by atoms with van der Waals surface area (Å²) in [7, 11) is -3.29. The Kier molecular flexibility index (Phi) is 7.32. The maximum absolute atomic E-state index is 11.9. The van der Waals surface area contributed by atoms with Crippen molar-refractivity contribution in [3.63, 3.8) is 0 Å². The summed E-state index contributed by atoms with van der Waals surface area (Å²) in [6.45, 7) is 5.19. The van der Waals surface area contributed by atoms with Crippen LogP contribution in [0.1, 0.15) is 11.3 Å². The largest absolute Gasteiger partial charge is 0.370 e. The molecular formula is C27H25ClN2O3S. The Morgan fingerprint density at radius 1 is 0.941 bits per heavy atom. The molecule has 0 atom stereocenters. The van der Waals surface area contributed by atoms with Crippen LogP contribution in [0, 0.1) is 0 Å². The zero-order valence-electron chi connectivity index (χ0n) is 18.8. The van der Waals surface area contributed by atoms with Crippen LogP contribution < -0.4 is 0 Å². The Bertz CT molecular complexity index is 1380. The summed E-state index contributed by atoms with van der Waals surface area (Å²) in [4.78, 5) is 0.265. The van der Waals surface area contributed by atoms with E-state index < -0.39 is 9.84 Å². The van der Waals surface area contributed by atoms with Crippen LogP contribution in [-0.2, 0) is 34.3 Å². The van der Waals surface area contributed by atoms with Crippen molar-refractivity contribution in [3.05, 3.63) is 108 Å². The number of halogens is 1. The summed E-state index contributed by atoms with van der Waals surface area (Å²) >= 11 is 6.15. The van der Waals surface area contributed by atoms with Gasteiger partial charge in [-0.15, -0.1) is 6.58 Å². The lowest BCUT2D eigenvalue weighted by molar-refractivity contribution is 0.102. The van der Waals surface area contributed by atoms with Crippen LogP contribution in [0.4, 0.5) is 0 Å². The number of sulfone groups is 1. The van der Waals surface area contributed by atoms with E-state index in [2.05, 4.69) is 6.58 Å². The van der Waals surface area contributed by atoms with Crippen molar-refractivity contribution in [3.8, 4) is 22.4 Å². The van der Waals surface area contributed by atoms with E-state index in [0.717, 1.165) is 33.6 Å². The summed E-state index contributed by atoms with van der Waals surface area (Å²) in [5, 5.41) is 5.51. The molecule has 0 aliphatic rings. The van der Waals surface area contributed by atoms with Gasteiger partial charge >= 0.3 is 0 Å². The Labute approximate surface area is 205 Å². The van der Waals surface area contributed by atoms with Crippen molar-refractivity contribution >= 4 is 21.4 Å².